The summed E-state index contributed by atoms with van der Waals surface area (Å²) < 4.78 is 4.32. The molecule has 0 saturated heterocycles. The van der Waals surface area contributed by atoms with Crippen LogP contribution < -0.4 is 5.32 Å². The van der Waals surface area contributed by atoms with Crippen molar-refractivity contribution in [2.24, 2.45) is 0 Å². The maximum absolute atomic E-state index is 10.6. The van der Waals surface area contributed by atoms with Gasteiger partial charge >= 0.3 is 5.97 Å². The summed E-state index contributed by atoms with van der Waals surface area (Å²) in [6.07, 6.45) is -0.974. The lowest BCUT2D eigenvalue weighted by Crippen LogP contribution is -2.31. The first-order valence-electron chi connectivity index (χ1n) is 3.55. The van der Waals surface area contributed by atoms with Crippen LogP contribution in [0.25, 0.3) is 0 Å². The van der Waals surface area contributed by atoms with Crippen molar-refractivity contribution >= 4 is 11.9 Å². The SMILES string of the molecule is COC(=O)CC(O)CNC(C)=O. The van der Waals surface area contributed by atoms with Gasteiger partial charge < -0.3 is 15.2 Å². The Labute approximate surface area is 70.7 Å². The molecule has 0 radical (unpaired) electrons. The number of hydrogen-bond acceptors (Lipinski definition) is 4. The summed E-state index contributed by atoms with van der Waals surface area (Å²) in [7, 11) is 1.24. The minimum Gasteiger partial charge on any atom is -0.469 e. The van der Waals surface area contributed by atoms with E-state index < -0.39 is 12.1 Å². The molecule has 5 heteroatoms. The number of carbonyl (C=O) groups is 2. The van der Waals surface area contributed by atoms with Gasteiger partial charge in [0.1, 0.15) is 0 Å². The third-order valence-electron chi connectivity index (χ3n) is 1.22. The second kappa shape index (κ2) is 5.54. The number of carbonyl (C=O) groups excluding carboxylic acids is 2. The van der Waals surface area contributed by atoms with Crippen molar-refractivity contribution in [1.82, 2.24) is 5.32 Å². The standard InChI is InChI=1S/C7H13NO4/c1-5(9)8-4-6(10)3-7(11)12-2/h6,10H,3-4H2,1-2H3,(H,8,9). The molecule has 0 rings (SSSR count). The van der Waals surface area contributed by atoms with Gasteiger partial charge in [0.15, 0.2) is 0 Å². The molecule has 2 N–H and O–H groups in total. The Hall–Kier alpha value is -1.10. The highest BCUT2D eigenvalue weighted by Gasteiger charge is 2.10. The van der Waals surface area contributed by atoms with Gasteiger partial charge in [-0.3, -0.25) is 9.59 Å². The van der Waals surface area contributed by atoms with Crippen LogP contribution in [0.3, 0.4) is 0 Å². The van der Waals surface area contributed by atoms with E-state index in [2.05, 4.69) is 10.1 Å². The molecule has 12 heavy (non-hydrogen) atoms. The topological polar surface area (TPSA) is 75.6 Å². The maximum Gasteiger partial charge on any atom is 0.308 e. The van der Waals surface area contributed by atoms with Gasteiger partial charge in [-0.25, -0.2) is 0 Å². The van der Waals surface area contributed by atoms with E-state index >= 15 is 0 Å². The lowest BCUT2D eigenvalue weighted by atomic mass is 10.2. The molecular weight excluding hydrogens is 162 g/mol. The van der Waals surface area contributed by atoms with E-state index in [9.17, 15) is 9.59 Å². The number of hydrogen-bond donors (Lipinski definition) is 2. The number of esters is 1. The number of amides is 1. The third kappa shape index (κ3) is 5.67. The van der Waals surface area contributed by atoms with Crippen LogP contribution in [-0.4, -0.2) is 36.7 Å². The molecule has 0 aliphatic carbocycles. The lowest BCUT2D eigenvalue weighted by molar-refractivity contribution is -0.143. The predicted octanol–water partition coefficient (Wildman–Crippen LogP) is -0.954. The minimum absolute atomic E-state index is 0.0738. The van der Waals surface area contributed by atoms with Crippen LogP contribution >= 0.6 is 0 Å². The second-order valence-corrected chi connectivity index (χ2v) is 2.37. The summed E-state index contributed by atoms with van der Waals surface area (Å²) >= 11 is 0. The Morgan fingerprint density at radius 3 is 2.58 bits per heavy atom. The van der Waals surface area contributed by atoms with Crippen LogP contribution in [0.1, 0.15) is 13.3 Å². The molecule has 0 bridgehead atoms. The highest BCUT2D eigenvalue weighted by Crippen LogP contribution is 1.91. The molecular formula is C7H13NO4. The zero-order valence-electron chi connectivity index (χ0n) is 7.16. The van der Waals surface area contributed by atoms with Crippen molar-refractivity contribution in [1.29, 1.82) is 0 Å². The predicted molar refractivity (Wildman–Crippen MR) is 41.3 cm³/mol. The molecule has 0 aliphatic rings. The van der Waals surface area contributed by atoms with Crippen molar-refractivity contribution in [3.8, 4) is 0 Å². The van der Waals surface area contributed by atoms with E-state index in [1.165, 1.54) is 14.0 Å². The first-order chi connectivity index (χ1) is 5.56. The molecule has 70 valence electrons. The van der Waals surface area contributed by atoms with Crippen molar-refractivity contribution < 1.29 is 19.4 Å². The second-order valence-electron chi connectivity index (χ2n) is 2.37. The van der Waals surface area contributed by atoms with Crippen molar-refractivity contribution in [2.75, 3.05) is 13.7 Å². The average Bonchev–Trinajstić information content (AvgIpc) is 2.00. The van der Waals surface area contributed by atoms with Crippen molar-refractivity contribution in [3.63, 3.8) is 0 Å². The van der Waals surface area contributed by atoms with E-state index in [4.69, 9.17) is 5.11 Å². The molecule has 0 aliphatic heterocycles. The summed E-state index contributed by atoms with van der Waals surface area (Å²) in [5.74, 6) is -0.730. The minimum atomic E-state index is -0.874. The Balaban J connectivity index is 3.52. The fraction of sp³-hybridized carbons (Fsp3) is 0.714. The van der Waals surface area contributed by atoms with Gasteiger partial charge in [-0.2, -0.15) is 0 Å². The van der Waals surface area contributed by atoms with Gasteiger partial charge in [0, 0.05) is 13.5 Å². The Bertz CT molecular complexity index is 169. The quantitative estimate of drug-likeness (QED) is 0.540. The van der Waals surface area contributed by atoms with E-state index in [0.717, 1.165) is 0 Å². The van der Waals surface area contributed by atoms with Crippen LogP contribution in [0, 0.1) is 0 Å². The summed E-state index contributed by atoms with van der Waals surface area (Å²) in [6.45, 7) is 1.41. The van der Waals surface area contributed by atoms with Crippen LogP contribution in [0.4, 0.5) is 0 Å². The number of ether oxygens (including phenoxy) is 1. The Morgan fingerprint density at radius 2 is 2.17 bits per heavy atom. The fourth-order valence-electron chi connectivity index (χ4n) is 0.609. The van der Waals surface area contributed by atoms with Crippen LogP contribution in [0.2, 0.25) is 0 Å². The first-order valence-corrected chi connectivity index (χ1v) is 3.55. The largest absolute Gasteiger partial charge is 0.469 e. The smallest absolute Gasteiger partial charge is 0.308 e. The molecule has 5 nitrogen and oxygen atoms in total. The van der Waals surface area contributed by atoms with Crippen LogP contribution in [-0.2, 0) is 14.3 Å². The van der Waals surface area contributed by atoms with Crippen LogP contribution in [0.5, 0.6) is 0 Å². The zero-order valence-corrected chi connectivity index (χ0v) is 7.16. The fourth-order valence-corrected chi connectivity index (χ4v) is 0.609. The molecule has 0 aromatic heterocycles. The molecule has 1 amide bonds. The molecule has 1 atom stereocenters. The first kappa shape index (κ1) is 10.9. The summed E-state index contributed by atoms with van der Waals surface area (Å²) in [6, 6.07) is 0. The highest BCUT2D eigenvalue weighted by atomic mass is 16.5. The van der Waals surface area contributed by atoms with Crippen molar-refractivity contribution in [3.05, 3.63) is 0 Å². The molecule has 1 unspecified atom stereocenters. The van der Waals surface area contributed by atoms with E-state index in [0.29, 0.717) is 0 Å². The Morgan fingerprint density at radius 1 is 1.58 bits per heavy atom. The highest BCUT2D eigenvalue weighted by molar-refractivity contribution is 5.73. The Kier molecular flexibility index (Phi) is 5.03. The molecule has 0 fully saturated rings. The van der Waals surface area contributed by atoms with Gasteiger partial charge in [-0.05, 0) is 0 Å². The molecule has 0 aromatic rings. The molecule has 0 aromatic carbocycles. The normalized spacial score (nSPS) is 11.9. The number of methoxy groups -OCH3 is 1. The molecule has 0 heterocycles. The van der Waals surface area contributed by atoms with Crippen LogP contribution in [0.15, 0.2) is 0 Å². The summed E-state index contributed by atoms with van der Waals surface area (Å²) in [5.41, 5.74) is 0. The summed E-state index contributed by atoms with van der Waals surface area (Å²) in [4.78, 5) is 20.9. The summed E-state index contributed by atoms with van der Waals surface area (Å²) in [5, 5.41) is 11.5. The zero-order chi connectivity index (χ0) is 9.56. The third-order valence-corrected chi connectivity index (χ3v) is 1.22. The number of rotatable bonds is 4. The van der Waals surface area contributed by atoms with Gasteiger partial charge in [0.05, 0.1) is 19.6 Å². The lowest BCUT2D eigenvalue weighted by Gasteiger charge is -2.08. The molecule has 0 saturated carbocycles. The number of nitrogens with one attached hydrogen (secondary N) is 1. The van der Waals surface area contributed by atoms with Gasteiger partial charge in [-0.1, -0.05) is 0 Å². The number of aliphatic hydroxyl groups is 1. The maximum atomic E-state index is 10.6. The van der Waals surface area contributed by atoms with Gasteiger partial charge in [0.25, 0.3) is 0 Å². The average molecular weight is 175 g/mol. The van der Waals surface area contributed by atoms with Gasteiger partial charge in [0.2, 0.25) is 5.91 Å². The van der Waals surface area contributed by atoms with E-state index in [1.807, 2.05) is 0 Å². The molecule has 0 spiro atoms. The van der Waals surface area contributed by atoms with Gasteiger partial charge in [-0.15, -0.1) is 0 Å². The van der Waals surface area contributed by atoms with E-state index in [1.54, 1.807) is 0 Å². The van der Waals surface area contributed by atoms with Crippen molar-refractivity contribution in [2.45, 2.75) is 19.4 Å². The van der Waals surface area contributed by atoms with E-state index in [-0.39, 0.29) is 18.9 Å². The number of aliphatic hydroxyl groups excluding tert-OH is 1. The monoisotopic (exact) mass is 175 g/mol.